The molecule has 4 nitrogen and oxygen atoms in total. The maximum absolute atomic E-state index is 13.0. The molecule has 2 N–H and O–H groups in total. The highest BCUT2D eigenvalue weighted by Crippen LogP contribution is 2.29. The molecular formula is C16H10FN3OS. The second-order valence-electron chi connectivity index (χ2n) is 4.88. The van der Waals surface area contributed by atoms with Crippen molar-refractivity contribution < 1.29 is 4.39 Å². The van der Waals surface area contributed by atoms with Crippen molar-refractivity contribution in [2.24, 2.45) is 0 Å². The Labute approximate surface area is 128 Å². The summed E-state index contributed by atoms with van der Waals surface area (Å²) in [6, 6.07) is 11.9. The predicted molar refractivity (Wildman–Crippen MR) is 85.4 cm³/mol. The Bertz CT molecular complexity index is 1010. The number of hydrogen-bond donors (Lipinski definition) is 2. The van der Waals surface area contributed by atoms with Crippen LogP contribution >= 0.6 is 11.3 Å². The molecule has 4 aromatic rings. The van der Waals surface area contributed by atoms with Crippen molar-refractivity contribution in [2.75, 3.05) is 0 Å². The van der Waals surface area contributed by atoms with Gasteiger partial charge in [0, 0.05) is 16.5 Å². The standard InChI is InChI=1S/C16H10FN3OS/c17-11-4-1-9(2-5-11)15-18-14(8-22-15)10-3-6-12-13(7-10)20-16(21)19-12/h1-8H,(H2,19,20,21). The molecular weight excluding hydrogens is 301 g/mol. The molecule has 0 aliphatic rings. The van der Waals surface area contributed by atoms with Crippen LogP contribution in [0.4, 0.5) is 4.39 Å². The molecule has 2 aromatic heterocycles. The number of aromatic amines is 2. The van der Waals surface area contributed by atoms with Gasteiger partial charge in [-0.3, -0.25) is 0 Å². The molecule has 0 aliphatic carbocycles. The molecule has 0 fully saturated rings. The fourth-order valence-electron chi connectivity index (χ4n) is 2.32. The molecule has 108 valence electrons. The van der Waals surface area contributed by atoms with E-state index in [4.69, 9.17) is 0 Å². The van der Waals surface area contributed by atoms with Crippen LogP contribution in [0.15, 0.2) is 52.6 Å². The van der Waals surface area contributed by atoms with Gasteiger partial charge in [-0.25, -0.2) is 14.2 Å². The third-order valence-electron chi connectivity index (χ3n) is 3.41. The van der Waals surface area contributed by atoms with Gasteiger partial charge in [-0.15, -0.1) is 11.3 Å². The Balaban J connectivity index is 1.75. The van der Waals surface area contributed by atoms with E-state index in [0.717, 1.165) is 32.9 Å². The van der Waals surface area contributed by atoms with Gasteiger partial charge in [-0.05, 0) is 36.4 Å². The lowest BCUT2D eigenvalue weighted by Crippen LogP contribution is -1.99. The molecule has 0 unspecified atom stereocenters. The van der Waals surface area contributed by atoms with Crippen LogP contribution < -0.4 is 5.69 Å². The average Bonchev–Trinajstić information content (AvgIpc) is 3.12. The second-order valence-corrected chi connectivity index (χ2v) is 5.74. The minimum atomic E-state index is -0.262. The van der Waals surface area contributed by atoms with Gasteiger partial charge >= 0.3 is 5.69 Å². The molecule has 0 amide bonds. The van der Waals surface area contributed by atoms with Gasteiger partial charge in [-0.1, -0.05) is 6.07 Å². The van der Waals surface area contributed by atoms with E-state index in [9.17, 15) is 9.18 Å². The monoisotopic (exact) mass is 311 g/mol. The summed E-state index contributed by atoms with van der Waals surface area (Å²) in [5, 5.41) is 2.78. The second kappa shape index (κ2) is 4.92. The Kier molecular flexibility index (Phi) is 2.90. The highest BCUT2D eigenvalue weighted by Gasteiger charge is 2.08. The van der Waals surface area contributed by atoms with Crippen LogP contribution in [0.3, 0.4) is 0 Å². The van der Waals surface area contributed by atoms with Gasteiger partial charge in [0.2, 0.25) is 0 Å². The van der Waals surface area contributed by atoms with E-state index in [2.05, 4.69) is 15.0 Å². The van der Waals surface area contributed by atoms with Gasteiger partial charge in [0.05, 0.1) is 16.7 Å². The predicted octanol–water partition coefficient (Wildman–Crippen LogP) is 3.79. The number of thiazole rings is 1. The van der Waals surface area contributed by atoms with Crippen LogP contribution in [0.1, 0.15) is 0 Å². The number of imidazole rings is 1. The summed E-state index contributed by atoms with van der Waals surface area (Å²) in [6.45, 7) is 0. The minimum absolute atomic E-state index is 0.225. The zero-order chi connectivity index (χ0) is 15.1. The first kappa shape index (κ1) is 13.0. The van der Waals surface area contributed by atoms with Gasteiger partial charge < -0.3 is 9.97 Å². The number of aromatic nitrogens is 3. The summed E-state index contributed by atoms with van der Waals surface area (Å²) in [6.07, 6.45) is 0. The Hall–Kier alpha value is -2.73. The van der Waals surface area contributed by atoms with Crippen LogP contribution in [0.25, 0.3) is 32.9 Å². The molecule has 2 heterocycles. The van der Waals surface area contributed by atoms with Crippen LogP contribution in [0.5, 0.6) is 0 Å². The molecule has 0 saturated heterocycles. The third kappa shape index (κ3) is 2.23. The number of benzene rings is 2. The van der Waals surface area contributed by atoms with Crippen LogP contribution in [0.2, 0.25) is 0 Å². The first-order valence-electron chi connectivity index (χ1n) is 6.63. The van der Waals surface area contributed by atoms with E-state index in [1.807, 2.05) is 23.6 Å². The minimum Gasteiger partial charge on any atom is -0.306 e. The van der Waals surface area contributed by atoms with Crippen LogP contribution in [-0.2, 0) is 0 Å². The molecule has 0 aliphatic heterocycles. The maximum atomic E-state index is 13.0. The number of hydrogen-bond acceptors (Lipinski definition) is 3. The van der Waals surface area contributed by atoms with Crippen molar-refractivity contribution in [1.29, 1.82) is 0 Å². The van der Waals surface area contributed by atoms with Crippen molar-refractivity contribution in [1.82, 2.24) is 15.0 Å². The number of halogens is 1. The molecule has 0 radical (unpaired) electrons. The highest BCUT2D eigenvalue weighted by molar-refractivity contribution is 7.13. The molecule has 22 heavy (non-hydrogen) atoms. The number of fused-ring (bicyclic) bond motifs is 1. The van der Waals surface area contributed by atoms with Crippen LogP contribution in [-0.4, -0.2) is 15.0 Å². The SMILES string of the molecule is O=c1[nH]c2ccc(-c3csc(-c4ccc(F)cc4)n3)cc2[nH]1. The number of nitrogens with zero attached hydrogens (tertiary/aromatic N) is 1. The highest BCUT2D eigenvalue weighted by atomic mass is 32.1. The third-order valence-corrected chi connectivity index (χ3v) is 4.30. The van der Waals surface area contributed by atoms with Crippen LogP contribution in [0, 0.1) is 5.82 Å². The normalized spacial score (nSPS) is 11.1. The topological polar surface area (TPSA) is 61.5 Å². The lowest BCUT2D eigenvalue weighted by atomic mass is 10.1. The Morgan fingerprint density at radius 1 is 0.955 bits per heavy atom. The van der Waals surface area contributed by atoms with E-state index < -0.39 is 0 Å². The summed E-state index contributed by atoms with van der Waals surface area (Å²) >= 11 is 1.50. The largest absolute Gasteiger partial charge is 0.323 e. The average molecular weight is 311 g/mol. The first-order valence-corrected chi connectivity index (χ1v) is 7.51. The fraction of sp³-hybridized carbons (Fsp3) is 0. The Morgan fingerprint density at radius 2 is 1.68 bits per heavy atom. The molecule has 2 aromatic carbocycles. The lowest BCUT2D eigenvalue weighted by molar-refractivity contribution is 0.628. The molecule has 0 spiro atoms. The quantitative estimate of drug-likeness (QED) is 0.592. The lowest BCUT2D eigenvalue weighted by Gasteiger charge is -1.97. The summed E-state index contributed by atoms with van der Waals surface area (Å²) in [5.41, 5.74) is 3.92. The molecule has 0 bridgehead atoms. The van der Waals surface area contributed by atoms with E-state index >= 15 is 0 Å². The number of nitrogens with one attached hydrogen (secondary N) is 2. The van der Waals surface area contributed by atoms with E-state index in [1.54, 1.807) is 12.1 Å². The van der Waals surface area contributed by atoms with E-state index in [1.165, 1.54) is 23.5 Å². The van der Waals surface area contributed by atoms with E-state index in [-0.39, 0.29) is 11.5 Å². The van der Waals surface area contributed by atoms with Gasteiger partial charge in [0.1, 0.15) is 10.8 Å². The first-order chi connectivity index (χ1) is 10.7. The van der Waals surface area contributed by atoms with Gasteiger partial charge in [0.25, 0.3) is 0 Å². The number of rotatable bonds is 2. The van der Waals surface area contributed by atoms with Gasteiger partial charge in [-0.2, -0.15) is 0 Å². The molecule has 4 rings (SSSR count). The van der Waals surface area contributed by atoms with Crippen molar-refractivity contribution >= 4 is 22.4 Å². The zero-order valence-corrected chi connectivity index (χ0v) is 12.1. The van der Waals surface area contributed by atoms with Crippen molar-refractivity contribution in [3.05, 3.63) is 64.1 Å². The van der Waals surface area contributed by atoms with Crippen molar-refractivity contribution in [2.45, 2.75) is 0 Å². The maximum Gasteiger partial charge on any atom is 0.323 e. The zero-order valence-electron chi connectivity index (χ0n) is 11.3. The molecule has 6 heteroatoms. The Morgan fingerprint density at radius 3 is 2.50 bits per heavy atom. The fourth-order valence-corrected chi connectivity index (χ4v) is 3.16. The molecule has 0 atom stereocenters. The smallest absolute Gasteiger partial charge is 0.306 e. The van der Waals surface area contributed by atoms with Crippen molar-refractivity contribution in [3.63, 3.8) is 0 Å². The molecule has 0 saturated carbocycles. The summed E-state index contributed by atoms with van der Waals surface area (Å²) < 4.78 is 13.0. The summed E-state index contributed by atoms with van der Waals surface area (Å²) in [7, 11) is 0. The van der Waals surface area contributed by atoms with Crippen molar-refractivity contribution in [3.8, 4) is 21.8 Å². The summed E-state index contributed by atoms with van der Waals surface area (Å²) in [4.78, 5) is 21.3. The summed E-state index contributed by atoms with van der Waals surface area (Å²) in [5.74, 6) is -0.262. The van der Waals surface area contributed by atoms with E-state index in [0.29, 0.717) is 0 Å². The number of H-pyrrole nitrogens is 2. The van der Waals surface area contributed by atoms with Gasteiger partial charge in [0.15, 0.2) is 0 Å².